The number of halogens is 2. The second-order valence-corrected chi connectivity index (χ2v) is 7.50. The lowest BCUT2D eigenvalue weighted by atomic mass is 10.1. The molecule has 0 aromatic heterocycles. The molecule has 1 unspecified atom stereocenters. The zero-order valence-corrected chi connectivity index (χ0v) is 19.0. The van der Waals surface area contributed by atoms with Gasteiger partial charge in [-0.25, -0.2) is 4.79 Å². The van der Waals surface area contributed by atoms with Crippen molar-refractivity contribution in [2.45, 2.75) is 20.0 Å². The normalized spacial score (nSPS) is 12.1. The van der Waals surface area contributed by atoms with Crippen molar-refractivity contribution in [1.29, 1.82) is 0 Å². The predicted octanol–water partition coefficient (Wildman–Crippen LogP) is 6.49. The Balaban J connectivity index is 1.45. The molecule has 0 heterocycles. The van der Waals surface area contributed by atoms with Gasteiger partial charge in [0, 0.05) is 5.02 Å². The van der Waals surface area contributed by atoms with Crippen LogP contribution in [0.25, 0.3) is 0 Å². The van der Waals surface area contributed by atoms with E-state index in [1.54, 1.807) is 56.3 Å². The summed E-state index contributed by atoms with van der Waals surface area (Å²) in [7, 11) is 0. The molecule has 32 heavy (non-hydrogen) atoms. The highest BCUT2D eigenvalue weighted by atomic mass is 35.5. The van der Waals surface area contributed by atoms with Crippen molar-refractivity contribution in [2.24, 2.45) is 5.16 Å². The maximum atomic E-state index is 12.1. The molecule has 3 aromatic rings. The number of ether oxygens (including phenoxy) is 3. The van der Waals surface area contributed by atoms with Crippen LogP contribution in [0.5, 0.6) is 17.2 Å². The molecule has 8 heteroatoms. The maximum Gasteiger partial charge on any atom is 0.349 e. The molecule has 166 valence electrons. The monoisotopic (exact) mass is 473 g/mol. The number of esters is 1. The first-order valence-corrected chi connectivity index (χ1v) is 10.5. The molecule has 0 aliphatic rings. The van der Waals surface area contributed by atoms with E-state index in [1.807, 2.05) is 30.3 Å². The molecular formula is C24H21Cl2NO5. The van der Waals surface area contributed by atoms with Crippen LogP contribution in [0.3, 0.4) is 0 Å². The fourth-order valence-corrected chi connectivity index (χ4v) is 3.03. The summed E-state index contributed by atoms with van der Waals surface area (Å²) in [5.74, 6) is 0.928. The van der Waals surface area contributed by atoms with Crippen molar-refractivity contribution in [3.63, 3.8) is 0 Å². The molecule has 0 saturated heterocycles. The van der Waals surface area contributed by atoms with E-state index in [1.165, 1.54) is 0 Å². The van der Waals surface area contributed by atoms with Gasteiger partial charge < -0.3 is 19.0 Å². The Hall–Kier alpha value is -3.22. The molecule has 0 radical (unpaired) electrons. The number of benzene rings is 3. The van der Waals surface area contributed by atoms with Gasteiger partial charge in [-0.15, -0.1) is 0 Å². The molecule has 0 saturated carbocycles. The first kappa shape index (κ1) is 23.4. The third-order valence-electron chi connectivity index (χ3n) is 4.24. The molecule has 3 rings (SSSR count). The Morgan fingerprint density at radius 2 is 1.66 bits per heavy atom. The first-order chi connectivity index (χ1) is 15.4. The minimum Gasteiger partial charge on any atom is -0.479 e. The van der Waals surface area contributed by atoms with Gasteiger partial charge in [0.1, 0.15) is 17.2 Å². The van der Waals surface area contributed by atoms with Gasteiger partial charge in [0.2, 0.25) is 0 Å². The Morgan fingerprint density at radius 3 is 2.34 bits per heavy atom. The van der Waals surface area contributed by atoms with Gasteiger partial charge in [-0.05, 0) is 61.9 Å². The van der Waals surface area contributed by atoms with E-state index in [-0.39, 0.29) is 6.79 Å². The molecule has 0 N–H and O–H groups in total. The van der Waals surface area contributed by atoms with Crippen molar-refractivity contribution in [1.82, 2.24) is 0 Å². The van der Waals surface area contributed by atoms with Crippen molar-refractivity contribution >= 4 is 34.9 Å². The van der Waals surface area contributed by atoms with Crippen molar-refractivity contribution in [3.8, 4) is 17.2 Å². The summed E-state index contributed by atoms with van der Waals surface area (Å²) >= 11 is 12.0. The predicted molar refractivity (Wildman–Crippen MR) is 124 cm³/mol. The summed E-state index contributed by atoms with van der Waals surface area (Å²) in [4.78, 5) is 17.2. The molecule has 3 aromatic carbocycles. The summed E-state index contributed by atoms with van der Waals surface area (Å²) < 4.78 is 16.4. The summed E-state index contributed by atoms with van der Waals surface area (Å²) in [5.41, 5.74) is 1.59. The standard InChI is InChI=1S/C24H21Cl2NO5/c1-16(18-6-4-3-5-7-18)27-30-15-29-24(28)17(2)31-20-9-11-21(12-10-20)32-23-13-8-19(25)14-22(23)26/h3-14,17H,15H2,1-2H3. The molecule has 0 amide bonds. The van der Waals surface area contributed by atoms with Gasteiger partial charge >= 0.3 is 5.97 Å². The third-order valence-corrected chi connectivity index (χ3v) is 4.77. The van der Waals surface area contributed by atoms with Crippen LogP contribution in [0, 0.1) is 0 Å². The van der Waals surface area contributed by atoms with E-state index in [9.17, 15) is 4.79 Å². The van der Waals surface area contributed by atoms with Gasteiger partial charge in [0.05, 0.1) is 10.7 Å². The average molecular weight is 474 g/mol. The SMILES string of the molecule is CC(=NOCOC(=O)C(C)Oc1ccc(Oc2ccc(Cl)cc2Cl)cc1)c1ccccc1. The molecule has 0 aliphatic heterocycles. The minimum absolute atomic E-state index is 0.314. The highest BCUT2D eigenvalue weighted by Crippen LogP contribution is 2.32. The van der Waals surface area contributed by atoms with Crippen LogP contribution in [-0.4, -0.2) is 24.6 Å². The Morgan fingerprint density at radius 1 is 0.969 bits per heavy atom. The number of rotatable bonds is 9. The maximum absolute atomic E-state index is 12.1. The fraction of sp³-hybridized carbons (Fsp3) is 0.167. The van der Waals surface area contributed by atoms with Gasteiger partial charge in [0.15, 0.2) is 6.10 Å². The Labute approximate surface area is 196 Å². The summed E-state index contributed by atoms with van der Waals surface area (Å²) in [6, 6.07) is 21.2. The van der Waals surface area contributed by atoms with Crippen molar-refractivity contribution in [3.05, 3.63) is 88.4 Å². The van der Waals surface area contributed by atoms with Crippen LogP contribution >= 0.6 is 23.2 Å². The lowest BCUT2D eigenvalue weighted by Crippen LogP contribution is -2.26. The van der Waals surface area contributed by atoms with Crippen LogP contribution in [0.15, 0.2) is 78.0 Å². The number of hydrogen-bond acceptors (Lipinski definition) is 6. The fourth-order valence-electron chi connectivity index (χ4n) is 2.58. The molecule has 1 atom stereocenters. The highest BCUT2D eigenvalue weighted by Gasteiger charge is 2.16. The van der Waals surface area contributed by atoms with E-state index in [2.05, 4.69) is 5.16 Å². The van der Waals surface area contributed by atoms with Gasteiger partial charge in [-0.1, -0.05) is 58.7 Å². The highest BCUT2D eigenvalue weighted by molar-refractivity contribution is 6.35. The van der Waals surface area contributed by atoms with Crippen LogP contribution in [0.2, 0.25) is 10.0 Å². The van der Waals surface area contributed by atoms with Gasteiger partial charge in [0.25, 0.3) is 6.79 Å². The zero-order valence-electron chi connectivity index (χ0n) is 17.5. The first-order valence-electron chi connectivity index (χ1n) is 9.70. The number of hydrogen-bond donors (Lipinski definition) is 0. The average Bonchev–Trinajstić information content (AvgIpc) is 2.80. The molecular weight excluding hydrogens is 453 g/mol. The molecule has 0 aliphatic carbocycles. The lowest BCUT2D eigenvalue weighted by molar-refractivity contribution is -0.163. The Kier molecular flexibility index (Phi) is 8.36. The van der Waals surface area contributed by atoms with Crippen LogP contribution in [0.4, 0.5) is 0 Å². The number of carbonyl (C=O) groups excluding carboxylic acids is 1. The largest absolute Gasteiger partial charge is 0.479 e. The molecule has 0 fully saturated rings. The number of nitrogens with zero attached hydrogens (tertiary/aromatic N) is 1. The summed E-state index contributed by atoms with van der Waals surface area (Å²) in [6.07, 6.45) is -0.838. The van der Waals surface area contributed by atoms with E-state index in [0.29, 0.717) is 33.0 Å². The lowest BCUT2D eigenvalue weighted by Gasteiger charge is -2.14. The van der Waals surface area contributed by atoms with Crippen molar-refractivity contribution in [2.75, 3.05) is 6.79 Å². The van der Waals surface area contributed by atoms with E-state index < -0.39 is 12.1 Å². The summed E-state index contributed by atoms with van der Waals surface area (Å²) in [5, 5.41) is 4.86. The second kappa shape index (κ2) is 11.4. The smallest absolute Gasteiger partial charge is 0.349 e. The molecule has 6 nitrogen and oxygen atoms in total. The Bertz CT molecular complexity index is 1070. The molecule has 0 bridgehead atoms. The van der Waals surface area contributed by atoms with Crippen molar-refractivity contribution < 1.29 is 23.8 Å². The van der Waals surface area contributed by atoms with E-state index in [4.69, 9.17) is 42.3 Å². The third kappa shape index (κ3) is 6.90. The van der Waals surface area contributed by atoms with E-state index >= 15 is 0 Å². The summed E-state index contributed by atoms with van der Waals surface area (Å²) in [6.45, 7) is 3.07. The number of oxime groups is 1. The zero-order chi connectivity index (χ0) is 22.9. The minimum atomic E-state index is -0.838. The van der Waals surface area contributed by atoms with Crippen LogP contribution in [-0.2, 0) is 14.4 Å². The topological polar surface area (TPSA) is 66.4 Å². The van der Waals surface area contributed by atoms with Gasteiger partial charge in [-0.3, -0.25) is 0 Å². The van der Waals surface area contributed by atoms with Crippen LogP contribution in [0.1, 0.15) is 19.4 Å². The van der Waals surface area contributed by atoms with Gasteiger partial charge in [-0.2, -0.15) is 0 Å². The van der Waals surface area contributed by atoms with E-state index in [0.717, 1.165) is 5.56 Å². The van der Waals surface area contributed by atoms with Crippen LogP contribution < -0.4 is 9.47 Å². The quantitative estimate of drug-likeness (QED) is 0.117. The second-order valence-electron chi connectivity index (χ2n) is 6.66. The molecule has 0 spiro atoms. The number of carbonyl (C=O) groups is 1.